The second kappa shape index (κ2) is 4.38. The fourth-order valence-corrected chi connectivity index (χ4v) is 2.32. The van der Waals surface area contributed by atoms with Crippen LogP contribution in [0, 0.1) is 0 Å². The Morgan fingerprint density at radius 3 is 3.00 bits per heavy atom. The van der Waals surface area contributed by atoms with E-state index in [1.165, 1.54) is 11.8 Å². The first-order valence-corrected chi connectivity index (χ1v) is 6.46. The van der Waals surface area contributed by atoms with Crippen LogP contribution in [0.3, 0.4) is 0 Å². The third kappa shape index (κ3) is 1.95. The summed E-state index contributed by atoms with van der Waals surface area (Å²) in [6, 6.07) is 7.86. The van der Waals surface area contributed by atoms with Crippen molar-refractivity contribution in [3.8, 4) is 0 Å². The van der Waals surface area contributed by atoms with Crippen LogP contribution >= 0.6 is 11.8 Å². The number of carbonyl (C=O) groups excluding carboxylic acids is 1. The van der Waals surface area contributed by atoms with Crippen LogP contribution in [-0.2, 0) is 4.79 Å². The molecule has 1 aromatic carbocycles. The number of fused-ring (bicyclic) bond motifs is 3. The standard InChI is InChI=1S/C12H10N4OS/c1-7(17)6-18-12-14-11-10(15-16-12)8-4-2-3-5-9(8)13-11/h2-5H,6H2,1H3,(H,13,14,16). The van der Waals surface area contributed by atoms with Crippen LogP contribution in [0.4, 0.5) is 0 Å². The van der Waals surface area contributed by atoms with Gasteiger partial charge in [0.15, 0.2) is 5.65 Å². The van der Waals surface area contributed by atoms with E-state index >= 15 is 0 Å². The monoisotopic (exact) mass is 258 g/mol. The topological polar surface area (TPSA) is 71.5 Å². The smallest absolute Gasteiger partial charge is 0.211 e. The molecule has 0 amide bonds. The van der Waals surface area contributed by atoms with Crippen molar-refractivity contribution >= 4 is 39.6 Å². The summed E-state index contributed by atoms with van der Waals surface area (Å²) >= 11 is 1.30. The zero-order valence-corrected chi connectivity index (χ0v) is 10.5. The largest absolute Gasteiger partial charge is 0.338 e. The van der Waals surface area contributed by atoms with Gasteiger partial charge in [0.25, 0.3) is 0 Å². The number of rotatable bonds is 3. The zero-order valence-electron chi connectivity index (χ0n) is 9.67. The molecule has 0 saturated heterocycles. The zero-order chi connectivity index (χ0) is 12.5. The number of carbonyl (C=O) groups is 1. The molecule has 0 atom stereocenters. The average Bonchev–Trinajstić information content (AvgIpc) is 2.73. The summed E-state index contributed by atoms with van der Waals surface area (Å²) in [4.78, 5) is 18.5. The Morgan fingerprint density at radius 1 is 1.33 bits per heavy atom. The molecule has 0 unspecified atom stereocenters. The Hall–Kier alpha value is -1.95. The fraction of sp³-hybridized carbons (Fsp3) is 0.167. The Bertz CT molecular complexity index is 737. The van der Waals surface area contributed by atoms with Crippen LogP contribution < -0.4 is 0 Å². The van der Waals surface area contributed by atoms with Crippen LogP contribution in [0.15, 0.2) is 29.4 Å². The van der Waals surface area contributed by atoms with Gasteiger partial charge in [0, 0.05) is 10.9 Å². The number of hydrogen-bond acceptors (Lipinski definition) is 5. The van der Waals surface area contributed by atoms with Gasteiger partial charge in [-0.15, -0.1) is 10.2 Å². The molecule has 0 aliphatic heterocycles. The molecule has 0 saturated carbocycles. The third-order valence-electron chi connectivity index (χ3n) is 2.51. The van der Waals surface area contributed by atoms with Gasteiger partial charge in [-0.1, -0.05) is 30.0 Å². The molecular weight excluding hydrogens is 248 g/mol. The number of para-hydroxylation sites is 1. The van der Waals surface area contributed by atoms with Crippen molar-refractivity contribution in [1.29, 1.82) is 0 Å². The predicted molar refractivity (Wildman–Crippen MR) is 70.6 cm³/mol. The van der Waals surface area contributed by atoms with Crippen LogP contribution in [0.25, 0.3) is 22.1 Å². The third-order valence-corrected chi connectivity index (χ3v) is 3.49. The van der Waals surface area contributed by atoms with E-state index < -0.39 is 0 Å². The number of aromatic nitrogens is 4. The number of nitrogens with zero attached hydrogens (tertiary/aromatic N) is 3. The molecule has 5 nitrogen and oxygen atoms in total. The highest BCUT2D eigenvalue weighted by Gasteiger charge is 2.09. The highest BCUT2D eigenvalue weighted by Crippen LogP contribution is 2.22. The molecule has 0 radical (unpaired) electrons. The predicted octanol–water partition coefficient (Wildman–Crippen LogP) is 2.19. The highest BCUT2D eigenvalue weighted by atomic mass is 32.2. The molecule has 6 heteroatoms. The minimum Gasteiger partial charge on any atom is -0.338 e. The Morgan fingerprint density at radius 2 is 2.17 bits per heavy atom. The molecule has 2 heterocycles. The molecule has 90 valence electrons. The second-order valence-corrected chi connectivity index (χ2v) is 4.90. The number of aromatic amines is 1. The van der Waals surface area contributed by atoms with E-state index in [4.69, 9.17) is 0 Å². The number of Topliss-reactive ketones (excluding diaryl/α,β-unsaturated/α-hetero) is 1. The lowest BCUT2D eigenvalue weighted by Crippen LogP contribution is -1.97. The van der Waals surface area contributed by atoms with Crippen molar-refractivity contribution in [3.05, 3.63) is 24.3 Å². The van der Waals surface area contributed by atoms with Gasteiger partial charge in [-0.3, -0.25) is 4.79 Å². The molecule has 0 aliphatic rings. The number of hydrogen-bond donors (Lipinski definition) is 1. The molecule has 3 aromatic rings. The van der Waals surface area contributed by atoms with Gasteiger partial charge < -0.3 is 4.98 Å². The number of ketones is 1. The van der Waals surface area contributed by atoms with E-state index in [0.29, 0.717) is 16.6 Å². The molecule has 0 bridgehead atoms. The maximum Gasteiger partial charge on any atom is 0.211 e. The number of thioether (sulfide) groups is 1. The highest BCUT2D eigenvalue weighted by molar-refractivity contribution is 7.99. The second-order valence-electron chi connectivity index (χ2n) is 3.95. The van der Waals surface area contributed by atoms with Gasteiger partial charge in [0.2, 0.25) is 5.16 Å². The van der Waals surface area contributed by atoms with E-state index in [0.717, 1.165) is 16.4 Å². The molecule has 2 aromatic heterocycles. The average molecular weight is 258 g/mol. The lowest BCUT2D eigenvalue weighted by molar-refractivity contribution is -0.114. The van der Waals surface area contributed by atoms with Gasteiger partial charge in [-0.25, -0.2) is 4.98 Å². The summed E-state index contributed by atoms with van der Waals surface area (Å²) in [6.45, 7) is 1.54. The van der Waals surface area contributed by atoms with Gasteiger partial charge >= 0.3 is 0 Å². The summed E-state index contributed by atoms with van der Waals surface area (Å²) in [6.07, 6.45) is 0. The van der Waals surface area contributed by atoms with Crippen LogP contribution in [-0.4, -0.2) is 31.7 Å². The number of H-pyrrole nitrogens is 1. The molecule has 3 rings (SSSR count). The van der Waals surface area contributed by atoms with Crippen molar-refractivity contribution in [2.45, 2.75) is 12.1 Å². The number of nitrogens with one attached hydrogen (secondary N) is 1. The minimum atomic E-state index is 0.0975. The summed E-state index contributed by atoms with van der Waals surface area (Å²) in [7, 11) is 0. The molecule has 0 spiro atoms. The van der Waals surface area contributed by atoms with E-state index in [-0.39, 0.29) is 5.78 Å². The SMILES string of the molecule is CC(=O)CSc1nnc2c(n1)[nH]c1ccccc12. The first-order chi connectivity index (χ1) is 8.74. The van der Waals surface area contributed by atoms with Gasteiger partial charge in [-0.05, 0) is 13.0 Å². The van der Waals surface area contributed by atoms with E-state index in [9.17, 15) is 4.79 Å². The van der Waals surface area contributed by atoms with Crippen LogP contribution in [0.2, 0.25) is 0 Å². The van der Waals surface area contributed by atoms with E-state index in [1.54, 1.807) is 6.92 Å². The van der Waals surface area contributed by atoms with Crippen molar-refractivity contribution in [1.82, 2.24) is 20.2 Å². The van der Waals surface area contributed by atoms with Crippen LogP contribution in [0.5, 0.6) is 0 Å². The maximum absolute atomic E-state index is 10.9. The molecular formula is C12H10N4OS. The quantitative estimate of drug-likeness (QED) is 0.729. The molecule has 0 aliphatic carbocycles. The maximum atomic E-state index is 10.9. The Kier molecular flexibility index (Phi) is 2.71. The molecule has 0 fully saturated rings. The summed E-state index contributed by atoms with van der Waals surface area (Å²) in [5.74, 6) is 0.466. The lowest BCUT2D eigenvalue weighted by Gasteiger charge is -1.95. The van der Waals surface area contributed by atoms with Gasteiger partial charge in [0.1, 0.15) is 11.3 Å². The van der Waals surface area contributed by atoms with Crippen LogP contribution in [0.1, 0.15) is 6.92 Å². The van der Waals surface area contributed by atoms with Crippen molar-refractivity contribution < 1.29 is 4.79 Å². The van der Waals surface area contributed by atoms with Crippen molar-refractivity contribution in [2.24, 2.45) is 0 Å². The Labute approximate surface area is 107 Å². The van der Waals surface area contributed by atoms with Gasteiger partial charge in [0.05, 0.1) is 5.75 Å². The van der Waals surface area contributed by atoms with Gasteiger partial charge in [-0.2, -0.15) is 0 Å². The first kappa shape index (κ1) is 11.2. The molecule has 1 N–H and O–H groups in total. The summed E-state index contributed by atoms with van der Waals surface area (Å²) in [5, 5.41) is 9.73. The van der Waals surface area contributed by atoms with E-state index in [1.807, 2.05) is 24.3 Å². The summed E-state index contributed by atoms with van der Waals surface area (Å²) in [5.41, 5.74) is 2.46. The molecule has 18 heavy (non-hydrogen) atoms. The Balaban J connectivity index is 2.07. The normalized spacial score (nSPS) is 11.2. The summed E-state index contributed by atoms with van der Waals surface area (Å²) < 4.78 is 0. The minimum absolute atomic E-state index is 0.0975. The first-order valence-electron chi connectivity index (χ1n) is 5.47. The lowest BCUT2D eigenvalue weighted by atomic mass is 10.2. The number of benzene rings is 1. The van der Waals surface area contributed by atoms with Crippen molar-refractivity contribution in [2.75, 3.05) is 5.75 Å². The fourth-order valence-electron chi connectivity index (χ4n) is 1.73. The van der Waals surface area contributed by atoms with E-state index in [2.05, 4.69) is 20.2 Å². The van der Waals surface area contributed by atoms with Crippen molar-refractivity contribution in [3.63, 3.8) is 0 Å².